The van der Waals surface area contributed by atoms with Crippen LogP contribution in [0.15, 0.2) is 4.52 Å². The van der Waals surface area contributed by atoms with E-state index in [1.807, 2.05) is 0 Å². The molecule has 0 aromatic carbocycles. The van der Waals surface area contributed by atoms with Gasteiger partial charge in [-0.25, -0.2) is 0 Å². The minimum atomic E-state index is 0.196. The molecule has 0 spiro atoms. The van der Waals surface area contributed by atoms with Gasteiger partial charge in [0.25, 0.3) is 0 Å². The van der Waals surface area contributed by atoms with Crippen molar-refractivity contribution in [3.05, 3.63) is 11.7 Å². The summed E-state index contributed by atoms with van der Waals surface area (Å²) in [7, 11) is 0. The lowest BCUT2D eigenvalue weighted by Gasteiger charge is -2.25. The van der Waals surface area contributed by atoms with Crippen LogP contribution in [-0.4, -0.2) is 16.2 Å². The van der Waals surface area contributed by atoms with Gasteiger partial charge in [-0.1, -0.05) is 31.8 Å². The molecule has 1 saturated carbocycles. The Kier molecular flexibility index (Phi) is 4.15. The number of aryl methyl sites for hydroxylation is 1. The molecule has 4 heteroatoms. The van der Waals surface area contributed by atoms with Crippen LogP contribution in [0.25, 0.3) is 0 Å². The van der Waals surface area contributed by atoms with E-state index in [1.165, 1.54) is 12.8 Å². The molecule has 1 aliphatic rings. The molecule has 1 fully saturated rings. The first kappa shape index (κ1) is 12.6. The SMILES string of the molecule is CC(C)CCc1noc(C2CCCCC2N)n1. The fourth-order valence-electron chi connectivity index (χ4n) is 2.40. The average Bonchev–Trinajstić information content (AvgIpc) is 2.75. The van der Waals surface area contributed by atoms with Crippen molar-refractivity contribution in [1.82, 2.24) is 10.1 Å². The Hall–Kier alpha value is -0.900. The van der Waals surface area contributed by atoms with Crippen molar-refractivity contribution in [2.45, 2.75) is 64.3 Å². The van der Waals surface area contributed by atoms with E-state index >= 15 is 0 Å². The summed E-state index contributed by atoms with van der Waals surface area (Å²) in [5.74, 6) is 2.56. The van der Waals surface area contributed by atoms with Gasteiger partial charge in [-0.15, -0.1) is 0 Å². The van der Waals surface area contributed by atoms with Gasteiger partial charge in [0.15, 0.2) is 5.82 Å². The Balaban J connectivity index is 1.97. The van der Waals surface area contributed by atoms with Crippen LogP contribution in [0.2, 0.25) is 0 Å². The number of aromatic nitrogens is 2. The summed E-state index contributed by atoms with van der Waals surface area (Å²) < 4.78 is 5.37. The zero-order valence-electron chi connectivity index (χ0n) is 10.9. The monoisotopic (exact) mass is 237 g/mol. The molecule has 0 aliphatic heterocycles. The Morgan fingerprint density at radius 3 is 2.82 bits per heavy atom. The average molecular weight is 237 g/mol. The standard InChI is InChI=1S/C13H23N3O/c1-9(2)7-8-12-15-13(17-16-12)10-5-3-4-6-11(10)14/h9-11H,3-8,14H2,1-2H3. The van der Waals surface area contributed by atoms with Crippen molar-refractivity contribution in [3.63, 3.8) is 0 Å². The lowest BCUT2D eigenvalue weighted by molar-refractivity contribution is 0.289. The second kappa shape index (κ2) is 5.63. The molecular formula is C13H23N3O. The first-order valence-corrected chi connectivity index (χ1v) is 6.75. The van der Waals surface area contributed by atoms with E-state index in [0.717, 1.165) is 37.4 Å². The molecule has 0 saturated heterocycles. The van der Waals surface area contributed by atoms with Gasteiger partial charge in [0.1, 0.15) is 0 Å². The summed E-state index contributed by atoms with van der Waals surface area (Å²) in [5, 5.41) is 4.06. The highest BCUT2D eigenvalue weighted by atomic mass is 16.5. The zero-order valence-corrected chi connectivity index (χ0v) is 10.9. The van der Waals surface area contributed by atoms with Crippen LogP contribution in [0.4, 0.5) is 0 Å². The van der Waals surface area contributed by atoms with Crippen LogP contribution in [0.5, 0.6) is 0 Å². The second-order valence-corrected chi connectivity index (χ2v) is 5.54. The lowest BCUT2D eigenvalue weighted by Crippen LogP contribution is -2.31. The molecule has 4 nitrogen and oxygen atoms in total. The zero-order chi connectivity index (χ0) is 12.3. The first-order valence-electron chi connectivity index (χ1n) is 6.75. The van der Waals surface area contributed by atoms with Gasteiger partial charge in [0.2, 0.25) is 5.89 Å². The molecule has 0 bridgehead atoms. The van der Waals surface area contributed by atoms with E-state index in [-0.39, 0.29) is 12.0 Å². The third-order valence-corrected chi connectivity index (χ3v) is 3.57. The molecule has 17 heavy (non-hydrogen) atoms. The summed E-state index contributed by atoms with van der Waals surface area (Å²) in [4.78, 5) is 4.50. The summed E-state index contributed by atoms with van der Waals surface area (Å²) in [5.41, 5.74) is 6.11. The molecule has 2 N–H and O–H groups in total. The number of hydrogen-bond acceptors (Lipinski definition) is 4. The molecule has 2 rings (SSSR count). The molecule has 1 aromatic heterocycles. The summed E-state index contributed by atoms with van der Waals surface area (Å²) in [6.45, 7) is 4.41. The van der Waals surface area contributed by atoms with E-state index in [0.29, 0.717) is 5.92 Å². The van der Waals surface area contributed by atoms with Gasteiger partial charge in [0, 0.05) is 12.5 Å². The largest absolute Gasteiger partial charge is 0.339 e. The summed E-state index contributed by atoms with van der Waals surface area (Å²) in [6, 6.07) is 0.196. The smallest absolute Gasteiger partial charge is 0.231 e. The van der Waals surface area contributed by atoms with Gasteiger partial charge < -0.3 is 10.3 Å². The van der Waals surface area contributed by atoms with E-state index in [9.17, 15) is 0 Å². The predicted octanol–water partition coefficient (Wildman–Crippen LogP) is 2.64. The molecule has 2 unspecified atom stereocenters. The third kappa shape index (κ3) is 3.28. The van der Waals surface area contributed by atoms with E-state index in [1.54, 1.807) is 0 Å². The topological polar surface area (TPSA) is 64.9 Å². The molecule has 0 radical (unpaired) electrons. The van der Waals surface area contributed by atoms with E-state index in [2.05, 4.69) is 24.0 Å². The lowest BCUT2D eigenvalue weighted by atomic mass is 9.85. The van der Waals surface area contributed by atoms with Crippen molar-refractivity contribution >= 4 is 0 Å². The number of nitrogens with zero attached hydrogens (tertiary/aromatic N) is 2. The Morgan fingerprint density at radius 2 is 2.12 bits per heavy atom. The molecule has 96 valence electrons. The number of rotatable bonds is 4. The van der Waals surface area contributed by atoms with Crippen molar-refractivity contribution in [2.24, 2.45) is 11.7 Å². The van der Waals surface area contributed by atoms with Crippen molar-refractivity contribution < 1.29 is 4.52 Å². The van der Waals surface area contributed by atoms with Crippen molar-refractivity contribution in [2.75, 3.05) is 0 Å². The maximum absolute atomic E-state index is 6.11. The van der Waals surface area contributed by atoms with Gasteiger partial charge in [-0.05, 0) is 25.2 Å². The fourth-order valence-corrected chi connectivity index (χ4v) is 2.40. The van der Waals surface area contributed by atoms with Crippen LogP contribution in [0.3, 0.4) is 0 Å². The molecule has 1 aliphatic carbocycles. The Labute approximate surface area is 103 Å². The minimum absolute atomic E-state index is 0.196. The number of hydrogen-bond donors (Lipinski definition) is 1. The van der Waals surface area contributed by atoms with Crippen LogP contribution in [-0.2, 0) is 6.42 Å². The molecule has 2 atom stereocenters. The molecule has 0 amide bonds. The van der Waals surface area contributed by atoms with Crippen LogP contribution in [0, 0.1) is 5.92 Å². The highest BCUT2D eigenvalue weighted by Gasteiger charge is 2.28. The van der Waals surface area contributed by atoms with Crippen molar-refractivity contribution in [3.8, 4) is 0 Å². The summed E-state index contributed by atoms with van der Waals surface area (Å²) in [6.07, 6.45) is 6.63. The molecule has 1 heterocycles. The normalized spacial score (nSPS) is 25.4. The van der Waals surface area contributed by atoms with Crippen LogP contribution < -0.4 is 5.73 Å². The van der Waals surface area contributed by atoms with E-state index < -0.39 is 0 Å². The van der Waals surface area contributed by atoms with Crippen LogP contribution >= 0.6 is 0 Å². The maximum atomic E-state index is 6.11. The van der Waals surface area contributed by atoms with Crippen molar-refractivity contribution in [1.29, 1.82) is 0 Å². The van der Waals surface area contributed by atoms with Gasteiger partial charge in [-0.3, -0.25) is 0 Å². The van der Waals surface area contributed by atoms with Gasteiger partial charge in [0.05, 0.1) is 5.92 Å². The van der Waals surface area contributed by atoms with Gasteiger partial charge >= 0.3 is 0 Å². The maximum Gasteiger partial charge on any atom is 0.231 e. The predicted molar refractivity (Wildman–Crippen MR) is 66.6 cm³/mol. The van der Waals surface area contributed by atoms with Crippen LogP contribution in [0.1, 0.15) is 63.6 Å². The second-order valence-electron chi connectivity index (χ2n) is 5.54. The Bertz CT molecular complexity index is 348. The highest BCUT2D eigenvalue weighted by molar-refractivity contribution is 5.00. The third-order valence-electron chi connectivity index (χ3n) is 3.57. The van der Waals surface area contributed by atoms with Gasteiger partial charge in [-0.2, -0.15) is 4.98 Å². The highest BCUT2D eigenvalue weighted by Crippen LogP contribution is 2.30. The van der Waals surface area contributed by atoms with E-state index in [4.69, 9.17) is 10.3 Å². The quantitative estimate of drug-likeness (QED) is 0.874. The molecule has 1 aromatic rings. The summed E-state index contributed by atoms with van der Waals surface area (Å²) >= 11 is 0. The fraction of sp³-hybridized carbons (Fsp3) is 0.846. The minimum Gasteiger partial charge on any atom is -0.339 e. The molecular weight excluding hydrogens is 214 g/mol. The number of nitrogens with two attached hydrogens (primary N) is 1. The Morgan fingerprint density at radius 1 is 1.35 bits per heavy atom. The first-order chi connectivity index (χ1) is 8.16.